The van der Waals surface area contributed by atoms with Gasteiger partial charge in [0, 0.05) is 19.2 Å². The molecular weight excluding hydrogens is 379 g/mol. The Morgan fingerprint density at radius 1 is 1.43 bits per heavy atom. The van der Waals surface area contributed by atoms with Gasteiger partial charge in [0.05, 0.1) is 6.54 Å². The van der Waals surface area contributed by atoms with Crippen LogP contribution in [0.15, 0.2) is 29.3 Å². The van der Waals surface area contributed by atoms with Gasteiger partial charge >= 0.3 is 0 Å². The predicted octanol–water partition coefficient (Wildman–Crippen LogP) is 1.87. The summed E-state index contributed by atoms with van der Waals surface area (Å²) < 4.78 is 0. The topological polar surface area (TPSA) is 79.5 Å². The second kappa shape index (κ2) is 8.86. The Balaban J connectivity index is 0.00000220. The molecule has 1 aliphatic rings. The molecule has 5 nitrogen and oxygen atoms in total. The van der Waals surface area contributed by atoms with Crippen LogP contribution in [0.4, 0.5) is 0 Å². The van der Waals surface area contributed by atoms with Gasteiger partial charge in [-0.05, 0) is 36.5 Å². The molecule has 2 rings (SSSR count). The van der Waals surface area contributed by atoms with E-state index in [9.17, 15) is 4.79 Å². The minimum Gasteiger partial charge on any atom is -0.370 e. The Labute approximate surface area is 142 Å². The number of halogens is 1. The summed E-state index contributed by atoms with van der Waals surface area (Å²) in [5.74, 6) is 1.13. The molecular formula is C15H23IN4O. The molecule has 1 aromatic rings. The van der Waals surface area contributed by atoms with E-state index in [1.807, 2.05) is 18.2 Å². The van der Waals surface area contributed by atoms with Gasteiger partial charge in [0.25, 0.3) is 5.91 Å². The second-order valence-corrected chi connectivity index (χ2v) is 5.16. The van der Waals surface area contributed by atoms with E-state index >= 15 is 0 Å². The number of nitrogens with two attached hydrogens (primary N) is 1. The third-order valence-corrected chi connectivity index (χ3v) is 3.64. The lowest BCUT2D eigenvalue weighted by Gasteiger charge is -2.25. The van der Waals surface area contributed by atoms with E-state index in [4.69, 9.17) is 5.73 Å². The van der Waals surface area contributed by atoms with Crippen molar-refractivity contribution in [2.75, 3.05) is 13.6 Å². The van der Waals surface area contributed by atoms with Crippen molar-refractivity contribution in [2.24, 2.45) is 16.6 Å². The van der Waals surface area contributed by atoms with E-state index in [1.54, 1.807) is 13.1 Å². The predicted molar refractivity (Wildman–Crippen MR) is 95.9 cm³/mol. The van der Waals surface area contributed by atoms with Crippen LogP contribution in [0.5, 0.6) is 0 Å². The molecule has 0 saturated heterocycles. The van der Waals surface area contributed by atoms with Crippen LogP contribution >= 0.6 is 24.0 Å². The number of nitrogens with one attached hydrogen (secondary N) is 2. The maximum absolute atomic E-state index is 11.5. The monoisotopic (exact) mass is 402 g/mol. The minimum atomic E-state index is -0.0908. The van der Waals surface area contributed by atoms with Crippen LogP contribution in [-0.2, 0) is 6.54 Å². The molecule has 116 valence electrons. The molecule has 0 heterocycles. The van der Waals surface area contributed by atoms with Crippen molar-refractivity contribution in [1.82, 2.24) is 10.6 Å². The molecule has 0 aromatic heterocycles. The molecule has 0 unspecified atom stereocenters. The molecule has 0 radical (unpaired) electrons. The fourth-order valence-corrected chi connectivity index (χ4v) is 2.13. The number of carbonyl (C=O) groups is 1. The highest BCUT2D eigenvalue weighted by Crippen LogP contribution is 2.24. The summed E-state index contributed by atoms with van der Waals surface area (Å²) >= 11 is 0. The molecule has 1 fully saturated rings. The quantitative estimate of drug-likeness (QED) is 0.400. The summed E-state index contributed by atoms with van der Waals surface area (Å²) in [7, 11) is 1.62. The lowest BCUT2D eigenvalue weighted by atomic mass is 9.85. The van der Waals surface area contributed by atoms with E-state index in [0.29, 0.717) is 18.1 Å². The van der Waals surface area contributed by atoms with Crippen LogP contribution in [-0.4, -0.2) is 25.5 Å². The summed E-state index contributed by atoms with van der Waals surface area (Å²) in [4.78, 5) is 15.8. The van der Waals surface area contributed by atoms with Crippen molar-refractivity contribution in [3.05, 3.63) is 35.4 Å². The Morgan fingerprint density at radius 3 is 2.81 bits per heavy atom. The zero-order chi connectivity index (χ0) is 14.4. The molecule has 0 aliphatic heterocycles. The number of aliphatic imine (C=N–C) groups is 1. The van der Waals surface area contributed by atoms with Crippen molar-refractivity contribution in [3.63, 3.8) is 0 Å². The number of amides is 1. The molecule has 1 amide bonds. The van der Waals surface area contributed by atoms with E-state index in [0.717, 1.165) is 18.0 Å². The Bertz CT molecular complexity index is 500. The van der Waals surface area contributed by atoms with Gasteiger partial charge in [-0.2, -0.15) is 0 Å². The molecule has 0 bridgehead atoms. The van der Waals surface area contributed by atoms with E-state index in [-0.39, 0.29) is 29.9 Å². The first kappa shape index (κ1) is 17.7. The highest BCUT2D eigenvalue weighted by molar-refractivity contribution is 14.0. The number of hydrogen-bond acceptors (Lipinski definition) is 2. The number of hydrogen-bond donors (Lipinski definition) is 3. The summed E-state index contributed by atoms with van der Waals surface area (Å²) in [6.45, 7) is 1.39. The van der Waals surface area contributed by atoms with Gasteiger partial charge in [0.15, 0.2) is 5.96 Å². The van der Waals surface area contributed by atoms with E-state index in [2.05, 4.69) is 15.6 Å². The number of guanidine groups is 1. The van der Waals surface area contributed by atoms with Crippen LogP contribution in [0.25, 0.3) is 0 Å². The number of carbonyl (C=O) groups excluding carboxylic acids is 1. The van der Waals surface area contributed by atoms with Crippen LogP contribution in [0.2, 0.25) is 0 Å². The van der Waals surface area contributed by atoms with Crippen LogP contribution in [0.3, 0.4) is 0 Å². The normalized spacial score (nSPS) is 14.8. The summed E-state index contributed by atoms with van der Waals surface area (Å²) in [6, 6.07) is 7.41. The first-order valence-electron chi connectivity index (χ1n) is 7.04. The molecule has 4 N–H and O–H groups in total. The van der Waals surface area contributed by atoms with Crippen molar-refractivity contribution >= 4 is 35.8 Å². The highest BCUT2D eigenvalue weighted by atomic mass is 127. The van der Waals surface area contributed by atoms with Gasteiger partial charge in [-0.15, -0.1) is 24.0 Å². The SMILES string of the molecule is CNC(=O)c1cccc(CN=C(N)NCC2CCC2)c1.I. The zero-order valence-corrected chi connectivity index (χ0v) is 14.6. The maximum Gasteiger partial charge on any atom is 0.251 e. The Kier molecular flexibility index (Phi) is 7.49. The second-order valence-electron chi connectivity index (χ2n) is 5.16. The first-order chi connectivity index (χ1) is 9.69. The van der Waals surface area contributed by atoms with Crippen molar-refractivity contribution in [3.8, 4) is 0 Å². The van der Waals surface area contributed by atoms with E-state index < -0.39 is 0 Å². The molecule has 1 aromatic carbocycles. The van der Waals surface area contributed by atoms with E-state index in [1.165, 1.54) is 19.3 Å². The average Bonchev–Trinajstić information content (AvgIpc) is 2.43. The summed E-state index contributed by atoms with van der Waals surface area (Å²) in [6.07, 6.45) is 3.90. The Hall–Kier alpha value is -1.31. The molecule has 1 aliphatic carbocycles. The largest absolute Gasteiger partial charge is 0.370 e. The van der Waals surface area contributed by atoms with Crippen molar-refractivity contribution in [1.29, 1.82) is 0 Å². The number of benzene rings is 1. The lowest BCUT2D eigenvalue weighted by molar-refractivity contribution is 0.0963. The van der Waals surface area contributed by atoms with Gasteiger partial charge in [-0.3, -0.25) is 4.79 Å². The fourth-order valence-electron chi connectivity index (χ4n) is 2.13. The molecule has 0 spiro atoms. The third-order valence-electron chi connectivity index (χ3n) is 3.64. The van der Waals surface area contributed by atoms with Gasteiger partial charge < -0.3 is 16.4 Å². The smallest absolute Gasteiger partial charge is 0.251 e. The average molecular weight is 402 g/mol. The lowest BCUT2D eigenvalue weighted by Crippen LogP contribution is -2.37. The van der Waals surface area contributed by atoms with Crippen LogP contribution < -0.4 is 16.4 Å². The Morgan fingerprint density at radius 2 is 2.19 bits per heavy atom. The van der Waals surface area contributed by atoms with Crippen LogP contribution in [0.1, 0.15) is 35.2 Å². The molecule has 0 atom stereocenters. The maximum atomic E-state index is 11.5. The molecule has 1 saturated carbocycles. The standard InChI is InChI=1S/C15H22N4O.HI/c1-17-14(20)13-7-3-6-12(8-13)10-19-15(16)18-9-11-4-2-5-11;/h3,6-8,11H,2,4-5,9-10H2,1H3,(H,17,20)(H3,16,18,19);1H. The minimum absolute atomic E-state index is 0. The number of rotatable bonds is 5. The zero-order valence-electron chi connectivity index (χ0n) is 12.3. The summed E-state index contributed by atoms with van der Waals surface area (Å²) in [5.41, 5.74) is 7.44. The van der Waals surface area contributed by atoms with Crippen LogP contribution in [0, 0.1) is 5.92 Å². The number of nitrogens with zero attached hydrogens (tertiary/aromatic N) is 1. The van der Waals surface area contributed by atoms with Crippen molar-refractivity contribution in [2.45, 2.75) is 25.8 Å². The summed E-state index contributed by atoms with van der Waals surface area (Å²) in [5, 5.41) is 5.76. The third kappa shape index (κ3) is 5.53. The van der Waals surface area contributed by atoms with Crippen molar-refractivity contribution < 1.29 is 4.79 Å². The molecule has 6 heteroatoms. The highest BCUT2D eigenvalue weighted by Gasteiger charge is 2.16. The first-order valence-corrected chi connectivity index (χ1v) is 7.04. The van der Waals surface area contributed by atoms with Gasteiger partial charge in [0.2, 0.25) is 0 Å². The fraction of sp³-hybridized carbons (Fsp3) is 0.467. The van der Waals surface area contributed by atoms with Gasteiger partial charge in [-0.1, -0.05) is 18.6 Å². The van der Waals surface area contributed by atoms with Gasteiger partial charge in [0.1, 0.15) is 0 Å². The van der Waals surface area contributed by atoms with Gasteiger partial charge in [-0.25, -0.2) is 4.99 Å². The molecule has 21 heavy (non-hydrogen) atoms.